The number of aliphatic hydroxyl groups is 1. The Morgan fingerprint density at radius 1 is 1.00 bits per heavy atom. The molecule has 4 aromatic rings. The van der Waals surface area contributed by atoms with Gasteiger partial charge in [0.2, 0.25) is 0 Å². The van der Waals surface area contributed by atoms with Crippen LogP contribution in [0.1, 0.15) is 5.56 Å². The van der Waals surface area contributed by atoms with Gasteiger partial charge in [0.1, 0.15) is 0 Å². The lowest BCUT2D eigenvalue weighted by Gasteiger charge is -2.14. The molecule has 8 nitrogen and oxygen atoms in total. The average Bonchev–Trinajstić information content (AvgIpc) is 2.83. The smallest absolute Gasteiger partial charge is 0.411 e. The third-order valence-corrected chi connectivity index (χ3v) is 5.06. The van der Waals surface area contributed by atoms with Crippen LogP contribution in [0.25, 0.3) is 32.9 Å². The van der Waals surface area contributed by atoms with Crippen LogP contribution in [-0.2, 0) is 20.9 Å². The van der Waals surface area contributed by atoms with Gasteiger partial charge < -0.3 is 19.9 Å². The summed E-state index contributed by atoms with van der Waals surface area (Å²) in [6, 6.07) is 18.8. The molecule has 4 rings (SSSR count). The minimum absolute atomic E-state index is 0.0421. The molecule has 0 fully saturated rings. The minimum Gasteiger partial charge on any atom is -0.453 e. The highest BCUT2D eigenvalue weighted by molar-refractivity contribution is 6.12. The summed E-state index contributed by atoms with van der Waals surface area (Å²) in [4.78, 5) is 26.9. The Morgan fingerprint density at radius 3 is 2.47 bits per heavy atom. The van der Waals surface area contributed by atoms with Crippen molar-refractivity contribution in [1.82, 2.24) is 4.98 Å². The molecule has 0 radical (unpaired) electrons. The number of rotatable bonds is 7. The fraction of sp³-hybridized carbons (Fsp3) is 0.125. The van der Waals surface area contributed by atoms with E-state index in [0.29, 0.717) is 17.7 Å². The van der Waals surface area contributed by atoms with E-state index in [0.717, 1.165) is 38.7 Å². The minimum atomic E-state index is -0.557. The number of nitrogens with one attached hydrogen (secondary N) is 2. The van der Waals surface area contributed by atoms with Crippen molar-refractivity contribution in [3.05, 3.63) is 66.2 Å². The number of carbonyl (C=O) groups is 2. The van der Waals surface area contributed by atoms with E-state index in [-0.39, 0.29) is 13.3 Å². The number of aromatic nitrogens is 1. The third-order valence-electron chi connectivity index (χ3n) is 5.06. The number of aliphatic hydroxyl groups excluding tert-OH is 1. The second-order valence-corrected chi connectivity index (χ2v) is 7.01. The van der Waals surface area contributed by atoms with Gasteiger partial charge in [-0.15, -0.1) is 0 Å². The normalized spacial score (nSPS) is 10.7. The van der Waals surface area contributed by atoms with Gasteiger partial charge in [-0.05, 0) is 35.2 Å². The molecule has 3 aromatic carbocycles. The quantitative estimate of drug-likeness (QED) is 0.173. The zero-order valence-electron chi connectivity index (χ0n) is 17.3. The number of fused-ring (bicyclic) bond motifs is 3. The first-order valence-corrected chi connectivity index (χ1v) is 9.84. The van der Waals surface area contributed by atoms with Crippen LogP contribution >= 0.6 is 0 Å². The Labute approximate surface area is 183 Å². The monoisotopic (exact) mass is 431 g/mol. The predicted molar refractivity (Wildman–Crippen MR) is 122 cm³/mol. The standard InChI is InChI=1S/C24H21N3O5/c1-31-24(30)26-18-7-9-20-19-8-6-17(25-13-32-14-29)10-21(19)23(27-22(20)11-18)16-4-2-15(12-28)3-5-16/h2-11,14,25,28H,12-13H2,1H3,(H,26,30). The van der Waals surface area contributed by atoms with Crippen LogP contribution in [0.3, 0.4) is 0 Å². The van der Waals surface area contributed by atoms with Crippen molar-refractivity contribution in [3.63, 3.8) is 0 Å². The first-order valence-electron chi connectivity index (χ1n) is 9.84. The van der Waals surface area contributed by atoms with Crippen molar-refractivity contribution >= 4 is 45.6 Å². The number of methoxy groups -OCH3 is 1. The molecule has 162 valence electrons. The van der Waals surface area contributed by atoms with Gasteiger partial charge in [-0.1, -0.05) is 36.4 Å². The summed E-state index contributed by atoms with van der Waals surface area (Å²) in [6.07, 6.45) is -0.557. The molecule has 0 saturated carbocycles. The van der Waals surface area contributed by atoms with Crippen LogP contribution in [0.2, 0.25) is 0 Å². The number of anilines is 2. The molecule has 3 N–H and O–H groups in total. The van der Waals surface area contributed by atoms with Gasteiger partial charge in [-0.3, -0.25) is 10.1 Å². The first kappa shape index (κ1) is 21.1. The van der Waals surface area contributed by atoms with Crippen molar-refractivity contribution in [2.75, 3.05) is 24.5 Å². The SMILES string of the molecule is COC(=O)Nc1ccc2c(c1)nc(-c1ccc(CO)cc1)c1cc(NCOC=O)ccc12. The third kappa shape index (κ3) is 4.30. The van der Waals surface area contributed by atoms with Crippen molar-refractivity contribution in [2.24, 2.45) is 0 Å². The molecule has 32 heavy (non-hydrogen) atoms. The largest absolute Gasteiger partial charge is 0.453 e. The number of amides is 1. The van der Waals surface area contributed by atoms with Crippen molar-refractivity contribution in [3.8, 4) is 11.3 Å². The maximum atomic E-state index is 11.6. The lowest BCUT2D eigenvalue weighted by molar-refractivity contribution is -0.127. The number of nitrogens with zero attached hydrogens (tertiary/aromatic N) is 1. The molecule has 0 aliphatic heterocycles. The second-order valence-electron chi connectivity index (χ2n) is 7.01. The average molecular weight is 431 g/mol. The van der Waals surface area contributed by atoms with E-state index in [1.54, 1.807) is 12.1 Å². The number of pyridine rings is 1. The molecule has 1 amide bonds. The second kappa shape index (κ2) is 9.32. The molecule has 1 heterocycles. The summed E-state index contributed by atoms with van der Waals surface area (Å²) in [7, 11) is 1.31. The van der Waals surface area contributed by atoms with Gasteiger partial charge in [0, 0.05) is 27.7 Å². The van der Waals surface area contributed by atoms with Crippen molar-refractivity contribution < 1.29 is 24.2 Å². The molecule has 0 aliphatic rings. The van der Waals surface area contributed by atoms with Gasteiger partial charge in [0.25, 0.3) is 6.47 Å². The molecule has 0 saturated heterocycles. The summed E-state index contributed by atoms with van der Waals surface area (Å²) in [5.74, 6) is 0. The van der Waals surface area contributed by atoms with E-state index in [1.807, 2.05) is 48.5 Å². The summed E-state index contributed by atoms with van der Waals surface area (Å²) in [5, 5.41) is 17.9. The van der Waals surface area contributed by atoms with Crippen LogP contribution in [0.5, 0.6) is 0 Å². The predicted octanol–water partition coefficient (Wildman–Crippen LogP) is 4.27. The number of benzene rings is 3. The van der Waals surface area contributed by atoms with Gasteiger partial charge in [0.05, 0.1) is 24.9 Å². The molecule has 0 spiro atoms. The van der Waals surface area contributed by atoms with Gasteiger partial charge in [0.15, 0.2) is 6.73 Å². The molecular formula is C24H21N3O5. The van der Waals surface area contributed by atoms with Crippen LogP contribution in [0, 0.1) is 0 Å². The fourth-order valence-electron chi connectivity index (χ4n) is 3.51. The number of hydrogen-bond donors (Lipinski definition) is 3. The van der Waals surface area contributed by atoms with E-state index < -0.39 is 6.09 Å². The maximum absolute atomic E-state index is 11.6. The van der Waals surface area contributed by atoms with Crippen LogP contribution in [-0.4, -0.2) is 36.5 Å². The van der Waals surface area contributed by atoms with Crippen LogP contribution in [0.4, 0.5) is 16.2 Å². The zero-order chi connectivity index (χ0) is 22.5. The fourth-order valence-corrected chi connectivity index (χ4v) is 3.51. The Hall–Kier alpha value is -4.17. The Kier molecular flexibility index (Phi) is 6.14. The summed E-state index contributed by atoms with van der Waals surface area (Å²) in [6.45, 7) is 0.399. The summed E-state index contributed by atoms with van der Waals surface area (Å²) < 4.78 is 9.41. The topological polar surface area (TPSA) is 110 Å². The molecule has 0 atom stereocenters. The molecule has 0 unspecified atom stereocenters. The van der Waals surface area contributed by atoms with Gasteiger partial charge in [-0.2, -0.15) is 0 Å². The van der Waals surface area contributed by atoms with Crippen molar-refractivity contribution in [1.29, 1.82) is 0 Å². The number of carbonyl (C=O) groups excluding carboxylic acids is 2. The number of hydrogen-bond acceptors (Lipinski definition) is 7. The highest BCUT2D eigenvalue weighted by atomic mass is 16.5. The Bertz CT molecular complexity index is 1290. The van der Waals surface area contributed by atoms with E-state index >= 15 is 0 Å². The first-order chi connectivity index (χ1) is 15.6. The van der Waals surface area contributed by atoms with E-state index in [1.165, 1.54) is 7.11 Å². The lowest BCUT2D eigenvalue weighted by atomic mass is 9.98. The van der Waals surface area contributed by atoms with Crippen LogP contribution < -0.4 is 10.6 Å². The summed E-state index contributed by atoms with van der Waals surface area (Å²) in [5.41, 5.74) is 4.48. The molecular weight excluding hydrogens is 410 g/mol. The molecule has 0 bridgehead atoms. The zero-order valence-corrected chi connectivity index (χ0v) is 17.3. The maximum Gasteiger partial charge on any atom is 0.411 e. The number of ether oxygens (including phenoxy) is 2. The van der Waals surface area contributed by atoms with Crippen molar-refractivity contribution in [2.45, 2.75) is 6.61 Å². The Balaban J connectivity index is 1.89. The molecule has 1 aromatic heterocycles. The molecule has 0 aliphatic carbocycles. The summed E-state index contributed by atoms with van der Waals surface area (Å²) >= 11 is 0. The molecule has 8 heteroatoms. The van der Waals surface area contributed by atoms with Gasteiger partial charge >= 0.3 is 6.09 Å². The lowest BCUT2D eigenvalue weighted by Crippen LogP contribution is -2.10. The van der Waals surface area contributed by atoms with E-state index in [2.05, 4.69) is 15.4 Å². The van der Waals surface area contributed by atoms with E-state index in [9.17, 15) is 14.7 Å². The van der Waals surface area contributed by atoms with E-state index in [4.69, 9.17) is 9.72 Å². The van der Waals surface area contributed by atoms with Gasteiger partial charge in [-0.25, -0.2) is 9.78 Å². The highest BCUT2D eigenvalue weighted by Crippen LogP contribution is 2.35. The highest BCUT2D eigenvalue weighted by Gasteiger charge is 2.13. The Morgan fingerprint density at radius 2 is 1.75 bits per heavy atom. The van der Waals surface area contributed by atoms with Crippen LogP contribution in [0.15, 0.2) is 60.7 Å².